The third kappa shape index (κ3) is 2.75. The molecule has 0 bridgehead atoms. The van der Waals surface area contributed by atoms with E-state index in [-0.39, 0.29) is 11.7 Å². The fourth-order valence-electron chi connectivity index (χ4n) is 2.63. The van der Waals surface area contributed by atoms with E-state index in [1.165, 1.54) is 4.68 Å². The molecule has 1 aliphatic rings. The predicted molar refractivity (Wildman–Crippen MR) is 76.3 cm³/mol. The molecular weight excluding hydrogens is 270 g/mol. The second-order valence-electron chi connectivity index (χ2n) is 5.09. The van der Waals surface area contributed by atoms with Crippen molar-refractivity contribution in [2.45, 2.75) is 19.0 Å². The van der Waals surface area contributed by atoms with E-state index in [9.17, 15) is 4.79 Å². The highest BCUT2D eigenvalue weighted by Crippen LogP contribution is 2.31. The molecule has 21 heavy (non-hydrogen) atoms. The van der Waals surface area contributed by atoms with Crippen molar-refractivity contribution in [3.8, 4) is 5.75 Å². The number of nitrogens with one attached hydrogen (secondary N) is 1. The second kappa shape index (κ2) is 5.57. The van der Waals surface area contributed by atoms with Crippen LogP contribution in [0.1, 0.15) is 34.1 Å². The van der Waals surface area contributed by atoms with E-state index >= 15 is 0 Å². The zero-order valence-corrected chi connectivity index (χ0v) is 11.7. The van der Waals surface area contributed by atoms with Crippen molar-refractivity contribution in [1.82, 2.24) is 15.1 Å². The number of fused-ring (bicyclic) bond motifs is 1. The highest BCUT2D eigenvalue weighted by atomic mass is 16.5. The van der Waals surface area contributed by atoms with Crippen molar-refractivity contribution in [2.75, 3.05) is 6.61 Å². The number of aromatic carboxylic acids is 1. The summed E-state index contributed by atoms with van der Waals surface area (Å²) in [5.41, 5.74) is 1.91. The van der Waals surface area contributed by atoms with Gasteiger partial charge in [0.05, 0.1) is 6.61 Å². The number of benzene rings is 1. The van der Waals surface area contributed by atoms with Gasteiger partial charge in [-0.3, -0.25) is 4.68 Å². The lowest BCUT2D eigenvalue weighted by Crippen LogP contribution is -2.27. The number of carboxylic acids is 1. The number of nitrogens with zero attached hydrogens (tertiary/aromatic N) is 2. The quantitative estimate of drug-likeness (QED) is 0.895. The van der Waals surface area contributed by atoms with Crippen molar-refractivity contribution >= 4 is 5.97 Å². The molecule has 2 heterocycles. The minimum Gasteiger partial charge on any atom is -0.493 e. The van der Waals surface area contributed by atoms with Gasteiger partial charge in [-0.1, -0.05) is 18.2 Å². The zero-order valence-electron chi connectivity index (χ0n) is 11.7. The molecule has 1 atom stereocenters. The van der Waals surface area contributed by atoms with Crippen LogP contribution in [0.15, 0.2) is 30.5 Å². The molecule has 1 aliphatic heterocycles. The number of carboxylic acid groups (broad SMARTS) is 1. The first-order chi connectivity index (χ1) is 10.1. The zero-order chi connectivity index (χ0) is 14.8. The fraction of sp³-hybridized carbons (Fsp3) is 0.333. The normalized spacial score (nSPS) is 17.1. The average Bonchev–Trinajstić information content (AvgIpc) is 2.86. The van der Waals surface area contributed by atoms with Gasteiger partial charge in [-0.25, -0.2) is 4.79 Å². The van der Waals surface area contributed by atoms with Crippen molar-refractivity contribution in [2.24, 2.45) is 7.05 Å². The van der Waals surface area contributed by atoms with Crippen LogP contribution in [0.2, 0.25) is 0 Å². The van der Waals surface area contributed by atoms with E-state index in [0.717, 1.165) is 17.7 Å². The fourth-order valence-corrected chi connectivity index (χ4v) is 2.63. The highest BCUT2D eigenvalue weighted by molar-refractivity contribution is 5.86. The molecule has 3 rings (SSSR count). The average molecular weight is 287 g/mol. The van der Waals surface area contributed by atoms with Gasteiger partial charge < -0.3 is 15.2 Å². The van der Waals surface area contributed by atoms with Crippen molar-refractivity contribution in [3.63, 3.8) is 0 Å². The predicted octanol–water partition coefficient (Wildman–Crippen LogP) is 1.73. The Labute approximate surface area is 122 Å². The molecule has 0 amide bonds. The minimum atomic E-state index is -1.00. The van der Waals surface area contributed by atoms with Crippen LogP contribution in [0, 0.1) is 0 Å². The third-order valence-corrected chi connectivity index (χ3v) is 3.60. The molecule has 2 N–H and O–H groups in total. The lowest BCUT2D eigenvalue weighted by Gasteiger charge is -2.26. The maximum Gasteiger partial charge on any atom is 0.356 e. The molecule has 1 aromatic heterocycles. The van der Waals surface area contributed by atoms with Gasteiger partial charge >= 0.3 is 5.97 Å². The van der Waals surface area contributed by atoms with Crippen LogP contribution in [-0.2, 0) is 13.6 Å². The van der Waals surface area contributed by atoms with Gasteiger partial charge in [0.1, 0.15) is 5.75 Å². The van der Waals surface area contributed by atoms with Crippen LogP contribution in [0.25, 0.3) is 0 Å². The van der Waals surface area contributed by atoms with Crippen LogP contribution in [0.5, 0.6) is 5.75 Å². The van der Waals surface area contributed by atoms with Crippen molar-refractivity contribution in [3.05, 3.63) is 47.3 Å². The number of aryl methyl sites for hydroxylation is 1. The lowest BCUT2D eigenvalue weighted by molar-refractivity contribution is 0.0688. The molecule has 0 saturated carbocycles. The van der Waals surface area contributed by atoms with Crippen LogP contribution >= 0.6 is 0 Å². The van der Waals surface area contributed by atoms with Crippen molar-refractivity contribution in [1.29, 1.82) is 0 Å². The Hall–Kier alpha value is -2.34. The molecule has 0 fully saturated rings. The second-order valence-corrected chi connectivity index (χ2v) is 5.09. The molecular formula is C15H17N3O3. The number of hydrogen-bond acceptors (Lipinski definition) is 4. The molecule has 6 nitrogen and oxygen atoms in total. The molecule has 0 spiro atoms. The Bertz CT molecular complexity index is 666. The minimum absolute atomic E-state index is 0.102. The summed E-state index contributed by atoms with van der Waals surface area (Å²) in [4.78, 5) is 11.2. The number of para-hydroxylation sites is 1. The van der Waals surface area contributed by atoms with Gasteiger partial charge in [-0.2, -0.15) is 5.10 Å². The van der Waals surface area contributed by atoms with Gasteiger partial charge in [-0.15, -0.1) is 0 Å². The van der Waals surface area contributed by atoms with Crippen LogP contribution in [0.4, 0.5) is 0 Å². The number of aromatic nitrogens is 2. The van der Waals surface area contributed by atoms with Crippen LogP contribution < -0.4 is 10.1 Å². The van der Waals surface area contributed by atoms with E-state index in [1.807, 2.05) is 24.3 Å². The molecule has 0 aliphatic carbocycles. The van der Waals surface area contributed by atoms with E-state index < -0.39 is 5.97 Å². The van der Waals surface area contributed by atoms with Gasteiger partial charge in [0.25, 0.3) is 0 Å². The standard InChI is InChI=1S/C15H17N3O3/c1-18-9-10(14(17-18)15(19)20)8-16-12-6-7-21-13-5-3-2-4-11(12)13/h2-5,9,12,16H,6-8H2,1H3,(H,19,20). The van der Waals surface area contributed by atoms with E-state index in [2.05, 4.69) is 10.4 Å². The first-order valence-corrected chi connectivity index (χ1v) is 6.86. The number of ether oxygens (including phenoxy) is 1. The van der Waals surface area contributed by atoms with Gasteiger partial charge in [-0.05, 0) is 6.07 Å². The monoisotopic (exact) mass is 287 g/mol. The number of rotatable bonds is 4. The number of hydrogen-bond donors (Lipinski definition) is 2. The Morgan fingerprint density at radius 3 is 3.14 bits per heavy atom. The molecule has 1 unspecified atom stereocenters. The SMILES string of the molecule is Cn1cc(CNC2CCOc3ccccc32)c(C(=O)O)n1. The summed E-state index contributed by atoms with van der Waals surface area (Å²) >= 11 is 0. The summed E-state index contributed by atoms with van der Waals surface area (Å²) in [5, 5.41) is 16.5. The Balaban J connectivity index is 1.76. The summed E-state index contributed by atoms with van der Waals surface area (Å²) in [7, 11) is 1.72. The largest absolute Gasteiger partial charge is 0.493 e. The maximum atomic E-state index is 11.2. The first-order valence-electron chi connectivity index (χ1n) is 6.86. The maximum absolute atomic E-state index is 11.2. The first kappa shape index (κ1) is 13.6. The summed E-state index contributed by atoms with van der Waals surface area (Å²) < 4.78 is 7.15. The smallest absolute Gasteiger partial charge is 0.356 e. The molecule has 6 heteroatoms. The summed E-state index contributed by atoms with van der Waals surface area (Å²) in [6.07, 6.45) is 2.60. The number of carbonyl (C=O) groups is 1. The highest BCUT2D eigenvalue weighted by Gasteiger charge is 2.22. The Kier molecular flexibility index (Phi) is 3.62. The topological polar surface area (TPSA) is 76.4 Å². The lowest BCUT2D eigenvalue weighted by atomic mass is 10.0. The summed E-state index contributed by atoms with van der Waals surface area (Å²) in [6.45, 7) is 1.13. The van der Waals surface area contributed by atoms with E-state index in [1.54, 1.807) is 13.2 Å². The van der Waals surface area contributed by atoms with Crippen LogP contribution in [0.3, 0.4) is 0 Å². The molecule has 0 saturated heterocycles. The Morgan fingerprint density at radius 2 is 2.33 bits per heavy atom. The van der Waals surface area contributed by atoms with Gasteiger partial charge in [0, 0.05) is 43.4 Å². The third-order valence-electron chi connectivity index (χ3n) is 3.60. The van der Waals surface area contributed by atoms with Gasteiger partial charge in [0.2, 0.25) is 0 Å². The van der Waals surface area contributed by atoms with Gasteiger partial charge in [0.15, 0.2) is 5.69 Å². The summed E-state index contributed by atoms with van der Waals surface area (Å²) in [6, 6.07) is 8.08. The van der Waals surface area contributed by atoms with E-state index in [4.69, 9.17) is 9.84 Å². The Morgan fingerprint density at radius 1 is 1.52 bits per heavy atom. The van der Waals surface area contributed by atoms with Crippen LogP contribution in [-0.4, -0.2) is 27.5 Å². The summed E-state index contributed by atoms with van der Waals surface area (Å²) in [5.74, 6) is -0.106. The van der Waals surface area contributed by atoms with E-state index in [0.29, 0.717) is 18.7 Å². The molecule has 1 aromatic carbocycles. The molecule has 2 aromatic rings. The molecule has 0 radical (unpaired) electrons. The molecule has 110 valence electrons. The van der Waals surface area contributed by atoms with Crippen molar-refractivity contribution < 1.29 is 14.6 Å².